The van der Waals surface area contributed by atoms with Crippen LogP contribution < -0.4 is 21.5 Å². The number of hydrogen-bond donors (Lipinski definition) is 4. The molecule has 0 aliphatic carbocycles. The molecule has 0 aromatic heterocycles. The van der Waals surface area contributed by atoms with Crippen molar-refractivity contribution in [3.05, 3.63) is 29.3 Å². The molecule has 0 aliphatic heterocycles. The normalized spacial score (nSPS) is 9.70. The van der Waals surface area contributed by atoms with Crippen LogP contribution in [0.15, 0.2) is 18.2 Å². The van der Waals surface area contributed by atoms with Crippen LogP contribution >= 0.6 is 12.2 Å². The Balaban J connectivity index is 2.32. The van der Waals surface area contributed by atoms with Crippen LogP contribution in [0, 0.1) is 13.8 Å². The first kappa shape index (κ1) is 18.6. The Labute approximate surface area is 140 Å². The van der Waals surface area contributed by atoms with Gasteiger partial charge in [0.05, 0.1) is 0 Å². The molecule has 0 aliphatic rings. The minimum absolute atomic E-state index is 0.00758. The number of benzene rings is 1. The zero-order valence-corrected chi connectivity index (χ0v) is 14.1. The lowest BCUT2D eigenvalue weighted by molar-refractivity contribution is -0.124. The maximum Gasteiger partial charge on any atom is 0.238 e. The molecular weight excluding hydrogens is 316 g/mol. The van der Waals surface area contributed by atoms with E-state index >= 15 is 0 Å². The number of rotatable bonds is 4. The number of thiocarbonyl (C=S) groups is 1. The second-order valence-corrected chi connectivity index (χ2v) is 5.44. The summed E-state index contributed by atoms with van der Waals surface area (Å²) in [6.07, 6.45) is 0.0275. The van der Waals surface area contributed by atoms with Gasteiger partial charge in [0.1, 0.15) is 0 Å². The average Bonchev–Trinajstić information content (AvgIpc) is 2.46. The minimum Gasteiger partial charge on any atom is -0.326 e. The fraction of sp³-hybridized carbons (Fsp3) is 0.333. The lowest BCUT2D eigenvalue weighted by Gasteiger charge is -2.10. The number of hydrazine groups is 1. The van der Waals surface area contributed by atoms with Crippen molar-refractivity contribution in [2.45, 2.75) is 33.6 Å². The summed E-state index contributed by atoms with van der Waals surface area (Å²) in [6.45, 7) is 5.25. The molecule has 4 N–H and O–H groups in total. The Bertz CT molecular complexity index is 631. The SMILES string of the molecule is CC(=O)NC(=S)NNC(=O)CCC(=O)Nc1ccc(C)c(C)c1. The van der Waals surface area contributed by atoms with E-state index in [0.717, 1.165) is 11.1 Å². The van der Waals surface area contributed by atoms with E-state index < -0.39 is 5.91 Å². The standard InChI is InChI=1S/C15H20N4O3S/c1-9-4-5-12(8-10(9)2)17-13(21)6-7-14(22)18-19-15(23)16-11(3)20/h4-5,8H,6-7H2,1-3H3,(H,17,21)(H,18,22)(H2,16,19,20,23). The van der Waals surface area contributed by atoms with Crippen molar-refractivity contribution in [3.8, 4) is 0 Å². The Kier molecular flexibility index (Phi) is 7.14. The molecule has 124 valence electrons. The molecular formula is C15H20N4O3S. The molecule has 0 spiro atoms. The van der Waals surface area contributed by atoms with Crippen LogP contribution in [0.4, 0.5) is 5.69 Å². The van der Waals surface area contributed by atoms with Gasteiger partial charge >= 0.3 is 0 Å². The van der Waals surface area contributed by atoms with Crippen molar-refractivity contribution < 1.29 is 14.4 Å². The maximum atomic E-state index is 11.8. The number of amides is 3. The minimum atomic E-state index is -0.409. The van der Waals surface area contributed by atoms with Gasteiger partial charge in [0.15, 0.2) is 5.11 Å². The van der Waals surface area contributed by atoms with E-state index in [0.29, 0.717) is 5.69 Å². The number of aryl methyl sites for hydroxylation is 2. The van der Waals surface area contributed by atoms with E-state index in [9.17, 15) is 14.4 Å². The van der Waals surface area contributed by atoms with Gasteiger partial charge in [-0.15, -0.1) is 0 Å². The molecule has 1 rings (SSSR count). The van der Waals surface area contributed by atoms with E-state index in [4.69, 9.17) is 12.2 Å². The summed E-state index contributed by atoms with van der Waals surface area (Å²) in [6, 6.07) is 5.61. The summed E-state index contributed by atoms with van der Waals surface area (Å²) < 4.78 is 0. The van der Waals surface area contributed by atoms with Crippen LogP contribution in [-0.4, -0.2) is 22.8 Å². The van der Waals surface area contributed by atoms with Crippen LogP contribution in [0.5, 0.6) is 0 Å². The third-order valence-electron chi connectivity index (χ3n) is 2.97. The molecule has 0 radical (unpaired) electrons. The fourth-order valence-electron chi connectivity index (χ4n) is 1.65. The Morgan fingerprint density at radius 3 is 2.26 bits per heavy atom. The Hall–Kier alpha value is -2.48. The van der Waals surface area contributed by atoms with Gasteiger partial charge in [-0.2, -0.15) is 0 Å². The molecule has 8 heteroatoms. The van der Waals surface area contributed by atoms with Gasteiger partial charge in [-0.3, -0.25) is 25.2 Å². The zero-order valence-electron chi connectivity index (χ0n) is 13.3. The topological polar surface area (TPSA) is 99.3 Å². The Morgan fingerprint density at radius 1 is 1.00 bits per heavy atom. The summed E-state index contributed by atoms with van der Waals surface area (Å²) in [7, 11) is 0. The summed E-state index contributed by atoms with van der Waals surface area (Å²) >= 11 is 4.76. The lowest BCUT2D eigenvalue weighted by Crippen LogP contribution is -2.48. The third-order valence-corrected chi connectivity index (χ3v) is 3.18. The van der Waals surface area contributed by atoms with Crippen molar-refractivity contribution in [3.63, 3.8) is 0 Å². The summed E-state index contributed by atoms with van der Waals surface area (Å²) in [4.78, 5) is 34.1. The number of hydrogen-bond acceptors (Lipinski definition) is 4. The quantitative estimate of drug-likeness (QED) is 0.487. The van der Waals surface area contributed by atoms with Gasteiger partial charge < -0.3 is 10.6 Å². The van der Waals surface area contributed by atoms with Gasteiger partial charge in [-0.05, 0) is 49.3 Å². The summed E-state index contributed by atoms with van der Waals surface area (Å²) in [5.74, 6) is -1.01. The van der Waals surface area contributed by atoms with Crippen LogP contribution in [-0.2, 0) is 14.4 Å². The lowest BCUT2D eigenvalue weighted by atomic mass is 10.1. The molecule has 0 unspecified atom stereocenters. The molecule has 0 bridgehead atoms. The maximum absolute atomic E-state index is 11.8. The highest BCUT2D eigenvalue weighted by Crippen LogP contribution is 2.14. The summed E-state index contributed by atoms with van der Waals surface area (Å²) in [5.41, 5.74) is 7.59. The van der Waals surface area contributed by atoms with E-state index in [1.807, 2.05) is 32.0 Å². The molecule has 0 fully saturated rings. The van der Waals surface area contributed by atoms with Crippen molar-refractivity contribution >= 4 is 40.7 Å². The van der Waals surface area contributed by atoms with Crippen LogP contribution in [0.25, 0.3) is 0 Å². The fourth-order valence-corrected chi connectivity index (χ4v) is 1.84. The second-order valence-electron chi connectivity index (χ2n) is 5.03. The first-order valence-electron chi connectivity index (χ1n) is 7.01. The number of carbonyl (C=O) groups excluding carboxylic acids is 3. The first-order chi connectivity index (χ1) is 10.8. The van der Waals surface area contributed by atoms with Gasteiger partial charge in [-0.25, -0.2) is 0 Å². The molecule has 1 aromatic carbocycles. The van der Waals surface area contributed by atoms with E-state index in [-0.39, 0.29) is 29.8 Å². The van der Waals surface area contributed by atoms with Crippen molar-refractivity contribution in [2.75, 3.05) is 5.32 Å². The molecule has 1 aromatic rings. The highest BCUT2D eigenvalue weighted by atomic mass is 32.1. The molecule has 0 saturated carbocycles. The largest absolute Gasteiger partial charge is 0.326 e. The predicted octanol–water partition coefficient (Wildman–Crippen LogP) is 1.06. The average molecular weight is 336 g/mol. The number of anilines is 1. The van der Waals surface area contributed by atoms with Crippen LogP contribution in [0.1, 0.15) is 30.9 Å². The predicted molar refractivity (Wildman–Crippen MR) is 91.5 cm³/mol. The van der Waals surface area contributed by atoms with E-state index in [1.165, 1.54) is 6.92 Å². The molecule has 23 heavy (non-hydrogen) atoms. The van der Waals surface area contributed by atoms with Gasteiger partial charge in [-0.1, -0.05) is 6.07 Å². The number of nitrogens with one attached hydrogen (secondary N) is 4. The number of carbonyl (C=O) groups is 3. The van der Waals surface area contributed by atoms with Crippen LogP contribution in [0.2, 0.25) is 0 Å². The monoisotopic (exact) mass is 336 g/mol. The van der Waals surface area contributed by atoms with Gasteiger partial charge in [0.2, 0.25) is 17.7 Å². The zero-order chi connectivity index (χ0) is 17.4. The highest BCUT2D eigenvalue weighted by molar-refractivity contribution is 7.80. The molecule has 0 heterocycles. The molecule has 7 nitrogen and oxygen atoms in total. The first-order valence-corrected chi connectivity index (χ1v) is 7.42. The van der Waals surface area contributed by atoms with E-state index in [1.54, 1.807) is 0 Å². The van der Waals surface area contributed by atoms with Gasteiger partial charge in [0.25, 0.3) is 0 Å². The smallest absolute Gasteiger partial charge is 0.238 e. The summed E-state index contributed by atoms with van der Waals surface area (Å²) in [5, 5.41) is 5.02. The molecule has 3 amide bonds. The Morgan fingerprint density at radius 2 is 1.65 bits per heavy atom. The van der Waals surface area contributed by atoms with Crippen LogP contribution in [0.3, 0.4) is 0 Å². The van der Waals surface area contributed by atoms with E-state index in [2.05, 4.69) is 21.5 Å². The second kappa shape index (κ2) is 8.84. The van der Waals surface area contributed by atoms with Crippen molar-refractivity contribution in [2.24, 2.45) is 0 Å². The third kappa shape index (κ3) is 7.37. The van der Waals surface area contributed by atoms with Crippen molar-refractivity contribution in [1.82, 2.24) is 16.2 Å². The highest BCUT2D eigenvalue weighted by Gasteiger charge is 2.08. The molecule has 0 atom stereocenters. The van der Waals surface area contributed by atoms with Gasteiger partial charge in [0, 0.05) is 25.5 Å². The van der Waals surface area contributed by atoms with Crippen molar-refractivity contribution in [1.29, 1.82) is 0 Å². The molecule has 0 saturated heterocycles.